The topological polar surface area (TPSA) is 160 Å². The minimum Gasteiger partial charge on any atom is -0.465 e. The quantitative estimate of drug-likeness (QED) is 0.110. The summed E-state index contributed by atoms with van der Waals surface area (Å²) in [4.78, 5) is 43.1. The molecular formula is C31H38N4O6. The lowest BCUT2D eigenvalue weighted by Gasteiger charge is -2.36. The highest BCUT2D eigenvalue weighted by Gasteiger charge is 2.39. The minimum absolute atomic E-state index is 0.00153. The molecule has 10 nitrogen and oxygen atoms in total. The number of ether oxygens (including phenoxy) is 2. The molecule has 2 unspecified atom stereocenters. The predicted molar refractivity (Wildman–Crippen MR) is 156 cm³/mol. The lowest BCUT2D eigenvalue weighted by molar-refractivity contribution is -0.174. The average molecular weight is 563 g/mol. The van der Waals surface area contributed by atoms with E-state index in [4.69, 9.17) is 15.2 Å². The molecule has 0 bridgehead atoms. The Kier molecular flexibility index (Phi) is 9.80. The van der Waals surface area contributed by atoms with E-state index in [1.807, 2.05) is 60.9 Å². The Morgan fingerprint density at radius 1 is 0.878 bits per heavy atom. The molecule has 4 rings (SSSR count). The molecule has 218 valence electrons. The van der Waals surface area contributed by atoms with Gasteiger partial charge in [0.2, 0.25) is 5.91 Å². The molecule has 2 atom stereocenters. The Morgan fingerprint density at radius 3 is 1.98 bits per heavy atom. The highest BCUT2D eigenvalue weighted by Crippen LogP contribution is 2.28. The van der Waals surface area contributed by atoms with Gasteiger partial charge in [0.05, 0.1) is 0 Å². The number of fused-ring (bicyclic) bond motifs is 2. The summed E-state index contributed by atoms with van der Waals surface area (Å²) in [6.45, 7) is 3.50. The first-order valence-corrected chi connectivity index (χ1v) is 13.8. The monoisotopic (exact) mass is 562 g/mol. The third-order valence-electron chi connectivity index (χ3n) is 7.19. The van der Waals surface area contributed by atoms with Gasteiger partial charge in [-0.2, -0.15) is 0 Å². The summed E-state index contributed by atoms with van der Waals surface area (Å²) in [7, 11) is 0. The second kappa shape index (κ2) is 13.5. The summed E-state index contributed by atoms with van der Waals surface area (Å²) < 4.78 is 11.4. The highest BCUT2D eigenvalue weighted by molar-refractivity contribution is 5.84. The molecule has 0 aliphatic heterocycles. The number of amides is 1. The van der Waals surface area contributed by atoms with Crippen LogP contribution in [0, 0.1) is 5.41 Å². The molecule has 2 heterocycles. The number of nitrogens with one attached hydrogen (secondary N) is 3. The Hall–Kier alpha value is -4.15. The number of primary amides is 1. The van der Waals surface area contributed by atoms with Crippen molar-refractivity contribution in [2.75, 3.05) is 13.2 Å². The number of aromatic nitrogens is 2. The molecule has 4 aromatic rings. The molecule has 0 spiro atoms. The van der Waals surface area contributed by atoms with Crippen LogP contribution in [-0.4, -0.2) is 58.4 Å². The van der Waals surface area contributed by atoms with Crippen molar-refractivity contribution in [3.8, 4) is 0 Å². The van der Waals surface area contributed by atoms with Crippen LogP contribution in [0.15, 0.2) is 60.9 Å². The number of hydrogen-bond donors (Lipinski definition) is 5. The van der Waals surface area contributed by atoms with Crippen LogP contribution in [0.5, 0.6) is 0 Å². The van der Waals surface area contributed by atoms with E-state index in [0.29, 0.717) is 12.8 Å². The minimum atomic E-state index is -1.31. The normalized spacial score (nSPS) is 13.2. The first-order chi connectivity index (χ1) is 19.6. The van der Waals surface area contributed by atoms with Crippen molar-refractivity contribution in [1.82, 2.24) is 15.3 Å². The smallest absolute Gasteiger partial charge is 0.306 e. The van der Waals surface area contributed by atoms with Crippen LogP contribution in [0.1, 0.15) is 44.2 Å². The molecule has 6 N–H and O–H groups in total. The summed E-state index contributed by atoms with van der Waals surface area (Å²) in [6, 6.07) is 15.7. The van der Waals surface area contributed by atoms with Gasteiger partial charge in [-0.05, 0) is 36.1 Å². The number of para-hydroxylation sites is 2. The van der Waals surface area contributed by atoms with E-state index in [1.165, 1.54) is 0 Å². The number of hydrogen-bond acceptors (Lipinski definition) is 7. The number of carbonyl (C=O) groups is 3. The number of aromatic amines is 2. The summed E-state index contributed by atoms with van der Waals surface area (Å²) in [5.41, 5.74) is 8.25. The van der Waals surface area contributed by atoms with Gasteiger partial charge in [-0.3, -0.25) is 19.7 Å². The number of aryl methyl sites for hydroxylation is 2. The summed E-state index contributed by atoms with van der Waals surface area (Å²) >= 11 is 0. The summed E-state index contributed by atoms with van der Waals surface area (Å²) in [5, 5.41) is 15.8. The predicted octanol–water partition coefficient (Wildman–Crippen LogP) is 3.48. The zero-order valence-electron chi connectivity index (χ0n) is 23.4. The number of esters is 2. The number of nitrogens with two attached hydrogens (primary N) is 1. The van der Waals surface area contributed by atoms with Crippen molar-refractivity contribution in [2.24, 2.45) is 11.1 Å². The van der Waals surface area contributed by atoms with Gasteiger partial charge in [-0.25, -0.2) is 0 Å². The van der Waals surface area contributed by atoms with Gasteiger partial charge < -0.3 is 30.3 Å². The van der Waals surface area contributed by atoms with Gasteiger partial charge in [-0.15, -0.1) is 0 Å². The molecule has 0 fully saturated rings. The fraction of sp³-hybridized carbons (Fsp3) is 0.387. The van der Waals surface area contributed by atoms with Crippen LogP contribution in [0.2, 0.25) is 0 Å². The van der Waals surface area contributed by atoms with E-state index < -0.39 is 35.6 Å². The van der Waals surface area contributed by atoms with Gasteiger partial charge in [0.1, 0.15) is 18.9 Å². The van der Waals surface area contributed by atoms with E-state index >= 15 is 0 Å². The molecular weight excluding hydrogens is 524 g/mol. The van der Waals surface area contributed by atoms with Gasteiger partial charge in [-0.1, -0.05) is 50.2 Å². The number of rotatable bonds is 15. The highest BCUT2D eigenvalue weighted by atomic mass is 16.6. The van der Waals surface area contributed by atoms with Crippen molar-refractivity contribution < 1.29 is 29.0 Å². The Balaban J connectivity index is 1.35. The zero-order valence-corrected chi connectivity index (χ0v) is 23.4. The molecule has 0 saturated heterocycles. The van der Waals surface area contributed by atoms with Gasteiger partial charge in [0.25, 0.3) is 0 Å². The van der Waals surface area contributed by atoms with Gasteiger partial charge in [0.15, 0.2) is 0 Å². The summed E-state index contributed by atoms with van der Waals surface area (Å²) in [6.07, 6.45) is 2.60. The average Bonchev–Trinajstić information content (AvgIpc) is 3.56. The van der Waals surface area contributed by atoms with Crippen LogP contribution >= 0.6 is 0 Å². The molecule has 0 saturated carbocycles. The molecule has 2 aromatic carbocycles. The maximum atomic E-state index is 12.9. The van der Waals surface area contributed by atoms with Crippen LogP contribution < -0.4 is 11.1 Å². The van der Waals surface area contributed by atoms with E-state index in [9.17, 15) is 19.5 Å². The lowest BCUT2D eigenvalue weighted by atomic mass is 9.86. The third-order valence-corrected chi connectivity index (χ3v) is 7.19. The fourth-order valence-corrected chi connectivity index (χ4v) is 4.87. The maximum absolute atomic E-state index is 12.9. The van der Waals surface area contributed by atoms with Crippen molar-refractivity contribution in [1.29, 1.82) is 0 Å². The zero-order chi connectivity index (χ0) is 29.4. The Labute approximate surface area is 238 Å². The van der Waals surface area contributed by atoms with Crippen LogP contribution in [-0.2, 0) is 36.7 Å². The van der Waals surface area contributed by atoms with Crippen LogP contribution in [0.4, 0.5) is 0 Å². The Bertz CT molecular complexity index is 1490. The molecule has 1 amide bonds. The summed E-state index contributed by atoms with van der Waals surface area (Å²) in [5.74, 6) is -1.43. The molecule has 0 radical (unpaired) electrons. The number of benzene rings is 2. The number of aliphatic hydroxyl groups is 1. The van der Waals surface area contributed by atoms with Crippen molar-refractivity contribution in [3.63, 3.8) is 0 Å². The number of aliphatic hydroxyl groups excluding tert-OH is 1. The van der Waals surface area contributed by atoms with E-state index in [1.54, 1.807) is 13.8 Å². The molecule has 2 aromatic heterocycles. The first-order valence-electron chi connectivity index (χ1n) is 13.8. The third kappa shape index (κ3) is 7.96. The lowest BCUT2D eigenvalue weighted by Crippen LogP contribution is -2.52. The number of H-pyrrole nitrogens is 2. The largest absolute Gasteiger partial charge is 0.465 e. The fourth-order valence-electron chi connectivity index (χ4n) is 4.87. The second-order valence-electron chi connectivity index (χ2n) is 10.9. The molecule has 0 aliphatic rings. The van der Waals surface area contributed by atoms with Crippen molar-refractivity contribution >= 4 is 39.7 Å². The molecule has 0 aliphatic carbocycles. The van der Waals surface area contributed by atoms with Crippen molar-refractivity contribution in [3.05, 3.63) is 72.1 Å². The maximum Gasteiger partial charge on any atom is 0.306 e. The van der Waals surface area contributed by atoms with Gasteiger partial charge in [0, 0.05) is 65.4 Å². The van der Waals surface area contributed by atoms with Gasteiger partial charge >= 0.3 is 11.9 Å². The number of carbonyl (C=O) groups excluding carboxylic acids is 3. The van der Waals surface area contributed by atoms with E-state index in [0.717, 1.165) is 32.9 Å². The molecule has 41 heavy (non-hydrogen) atoms. The van der Waals surface area contributed by atoms with E-state index in [-0.39, 0.29) is 32.4 Å². The second-order valence-corrected chi connectivity index (χ2v) is 10.9. The molecule has 10 heteroatoms. The standard InChI is InChI=1S/C31H38N4O6/c1-31(2,19-40-27(37)13-11-20-17-34-24-9-5-3-7-22(20)24)29(30(39)33-16-15-26(32)36)41-28(38)14-12-21-18-35-25-10-6-4-8-23(21)25/h3-10,17-18,29-30,33-35,39H,11-16,19H2,1-2H3,(H2,32,36). The van der Waals surface area contributed by atoms with Crippen molar-refractivity contribution in [2.45, 2.75) is 58.3 Å². The Morgan fingerprint density at radius 2 is 1.41 bits per heavy atom. The van der Waals surface area contributed by atoms with Crippen LogP contribution in [0.3, 0.4) is 0 Å². The van der Waals surface area contributed by atoms with Crippen LogP contribution in [0.25, 0.3) is 21.8 Å². The SMILES string of the molecule is CC(C)(COC(=O)CCc1c[nH]c2ccccc12)C(OC(=O)CCc1c[nH]c2ccccc12)C(O)NCCC(N)=O. The first kappa shape index (κ1) is 29.8. The van der Waals surface area contributed by atoms with E-state index in [2.05, 4.69) is 15.3 Å².